The van der Waals surface area contributed by atoms with Crippen molar-refractivity contribution in [3.05, 3.63) is 59.1 Å². The van der Waals surface area contributed by atoms with E-state index in [1.807, 2.05) is 48.5 Å². The Morgan fingerprint density at radius 1 is 1.05 bits per heavy atom. The van der Waals surface area contributed by atoms with Crippen molar-refractivity contribution in [3.8, 4) is 11.5 Å². The van der Waals surface area contributed by atoms with Crippen molar-refractivity contribution in [2.75, 3.05) is 20.3 Å². The summed E-state index contributed by atoms with van der Waals surface area (Å²) in [6, 6.07) is 15.5. The molecular formula is C17H20ClNO2. The SMILES string of the molecule is COc1cccc(Cl)c1CNCCCOc1ccccc1. The highest BCUT2D eigenvalue weighted by atomic mass is 35.5. The number of ether oxygens (including phenoxy) is 2. The topological polar surface area (TPSA) is 30.5 Å². The molecule has 0 aliphatic carbocycles. The Hall–Kier alpha value is -1.71. The third-order valence-electron chi connectivity index (χ3n) is 3.11. The minimum Gasteiger partial charge on any atom is -0.496 e. The Bertz CT molecular complexity index is 546. The van der Waals surface area contributed by atoms with E-state index in [0.29, 0.717) is 13.2 Å². The highest BCUT2D eigenvalue weighted by Crippen LogP contribution is 2.25. The molecule has 21 heavy (non-hydrogen) atoms. The molecule has 0 aliphatic rings. The van der Waals surface area contributed by atoms with Gasteiger partial charge in [-0.25, -0.2) is 0 Å². The van der Waals surface area contributed by atoms with Gasteiger partial charge in [0.15, 0.2) is 0 Å². The van der Waals surface area contributed by atoms with Crippen LogP contribution in [0.5, 0.6) is 11.5 Å². The average Bonchev–Trinajstić information content (AvgIpc) is 2.52. The van der Waals surface area contributed by atoms with E-state index in [4.69, 9.17) is 21.1 Å². The molecule has 3 nitrogen and oxygen atoms in total. The molecule has 4 heteroatoms. The Morgan fingerprint density at radius 2 is 1.86 bits per heavy atom. The lowest BCUT2D eigenvalue weighted by Gasteiger charge is -2.11. The van der Waals surface area contributed by atoms with Gasteiger partial charge in [-0.15, -0.1) is 0 Å². The highest BCUT2D eigenvalue weighted by molar-refractivity contribution is 6.31. The lowest BCUT2D eigenvalue weighted by Crippen LogP contribution is -2.17. The largest absolute Gasteiger partial charge is 0.496 e. The minimum atomic E-state index is 0.689. The van der Waals surface area contributed by atoms with Gasteiger partial charge in [-0.3, -0.25) is 0 Å². The maximum absolute atomic E-state index is 6.18. The van der Waals surface area contributed by atoms with Crippen LogP contribution in [0.15, 0.2) is 48.5 Å². The van der Waals surface area contributed by atoms with Crippen LogP contribution < -0.4 is 14.8 Å². The first-order chi connectivity index (χ1) is 10.3. The van der Waals surface area contributed by atoms with Crippen LogP contribution >= 0.6 is 11.6 Å². The molecule has 0 saturated carbocycles. The van der Waals surface area contributed by atoms with Gasteiger partial charge in [0.2, 0.25) is 0 Å². The smallest absolute Gasteiger partial charge is 0.124 e. The summed E-state index contributed by atoms with van der Waals surface area (Å²) >= 11 is 6.18. The molecule has 1 N–H and O–H groups in total. The number of para-hydroxylation sites is 1. The number of methoxy groups -OCH3 is 1. The average molecular weight is 306 g/mol. The van der Waals surface area contributed by atoms with Gasteiger partial charge in [0.05, 0.1) is 13.7 Å². The summed E-state index contributed by atoms with van der Waals surface area (Å²) in [7, 11) is 1.66. The van der Waals surface area contributed by atoms with Crippen molar-refractivity contribution in [2.45, 2.75) is 13.0 Å². The zero-order chi connectivity index (χ0) is 14.9. The molecule has 0 spiro atoms. The summed E-state index contributed by atoms with van der Waals surface area (Å²) in [4.78, 5) is 0. The molecule has 2 aromatic rings. The molecule has 0 bridgehead atoms. The van der Waals surface area contributed by atoms with Crippen LogP contribution in [0.4, 0.5) is 0 Å². The molecule has 0 heterocycles. The van der Waals surface area contributed by atoms with E-state index in [0.717, 1.165) is 35.1 Å². The second-order valence-electron chi connectivity index (χ2n) is 4.61. The van der Waals surface area contributed by atoms with Gasteiger partial charge >= 0.3 is 0 Å². The third-order valence-corrected chi connectivity index (χ3v) is 3.46. The van der Waals surface area contributed by atoms with E-state index < -0.39 is 0 Å². The molecule has 0 saturated heterocycles. The third kappa shape index (κ3) is 4.96. The first-order valence-corrected chi connectivity index (χ1v) is 7.39. The monoisotopic (exact) mass is 305 g/mol. The Balaban J connectivity index is 1.68. The van der Waals surface area contributed by atoms with Crippen LogP contribution in [-0.4, -0.2) is 20.3 Å². The molecular weight excluding hydrogens is 286 g/mol. The van der Waals surface area contributed by atoms with Gasteiger partial charge in [-0.1, -0.05) is 35.9 Å². The van der Waals surface area contributed by atoms with Gasteiger partial charge in [-0.05, 0) is 37.2 Å². The molecule has 112 valence electrons. The normalized spacial score (nSPS) is 10.4. The van der Waals surface area contributed by atoms with Crippen LogP contribution in [0.3, 0.4) is 0 Å². The highest BCUT2D eigenvalue weighted by Gasteiger charge is 2.06. The van der Waals surface area contributed by atoms with Crippen molar-refractivity contribution in [1.29, 1.82) is 0 Å². The van der Waals surface area contributed by atoms with Crippen molar-refractivity contribution >= 4 is 11.6 Å². The summed E-state index contributed by atoms with van der Waals surface area (Å²) in [6.45, 7) is 2.24. The van der Waals surface area contributed by atoms with Crippen LogP contribution in [0.2, 0.25) is 5.02 Å². The fraction of sp³-hybridized carbons (Fsp3) is 0.294. The lowest BCUT2D eigenvalue weighted by atomic mass is 10.2. The van der Waals surface area contributed by atoms with Gasteiger partial charge in [0.1, 0.15) is 11.5 Å². The Morgan fingerprint density at radius 3 is 2.62 bits per heavy atom. The minimum absolute atomic E-state index is 0.689. The number of rotatable bonds is 8. The number of hydrogen-bond donors (Lipinski definition) is 1. The number of halogens is 1. The zero-order valence-electron chi connectivity index (χ0n) is 12.1. The van der Waals surface area contributed by atoms with Crippen molar-refractivity contribution in [3.63, 3.8) is 0 Å². The summed E-state index contributed by atoms with van der Waals surface area (Å²) in [5.41, 5.74) is 0.991. The zero-order valence-corrected chi connectivity index (χ0v) is 12.9. The summed E-state index contributed by atoms with van der Waals surface area (Å²) in [5.74, 6) is 1.72. The van der Waals surface area contributed by atoms with Crippen LogP contribution in [-0.2, 0) is 6.54 Å². The predicted octanol–water partition coefficient (Wildman–Crippen LogP) is 3.91. The lowest BCUT2D eigenvalue weighted by molar-refractivity contribution is 0.308. The molecule has 2 aromatic carbocycles. The molecule has 0 aromatic heterocycles. The maximum Gasteiger partial charge on any atom is 0.124 e. The maximum atomic E-state index is 6.18. The fourth-order valence-electron chi connectivity index (χ4n) is 2.02. The molecule has 0 atom stereocenters. The van der Waals surface area contributed by atoms with E-state index in [9.17, 15) is 0 Å². The van der Waals surface area contributed by atoms with Crippen molar-refractivity contribution in [1.82, 2.24) is 5.32 Å². The van der Waals surface area contributed by atoms with E-state index in [-0.39, 0.29) is 0 Å². The first kappa shape index (κ1) is 15.7. The fourth-order valence-corrected chi connectivity index (χ4v) is 2.25. The second-order valence-corrected chi connectivity index (χ2v) is 5.02. The van der Waals surface area contributed by atoms with E-state index in [1.54, 1.807) is 7.11 Å². The molecule has 0 unspecified atom stereocenters. The number of benzene rings is 2. The van der Waals surface area contributed by atoms with Gasteiger partial charge in [-0.2, -0.15) is 0 Å². The van der Waals surface area contributed by atoms with Gasteiger partial charge < -0.3 is 14.8 Å². The first-order valence-electron chi connectivity index (χ1n) is 7.01. The van der Waals surface area contributed by atoms with Crippen LogP contribution in [0.1, 0.15) is 12.0 Å². The van der Waals surface area contributed by atoms with Crippen molar-refractivity contribution in [2.24, 2.45) is 0 Å². The summed E-state index contributed by atoms with van der Waals surface area (Å²) < 4.78 is 10.9. The quantitative estimate of drug-likeness (QED) is 0.750. The summed E-state index contributed by atoms with van der Waals surface area (Å²) in [6.07, 6.45) is 0.932. The molecule has 0 amide bonds. The molecule has 0 aliphatic heterocycles. The number of hydrogen-bond acceptors (Lipinski definition) is 3. The summed E-state index contributed by atoms with van der Waals surface area (Å²) in [5, 5.41) is 4.08. The Kier molecular flexibility index (Phi) is 6.38. The molecule has 2 rings (SSSR count). The Labute approximate surface area is 130 Å². The van der Waals surface area contributed by atoms with Crippen LogP contribution in [0.25, 0.3) is 0 Å². The van der Waals surface area contributed by atoms with E-state index in [2.05, 4.69) is 5.32 Å². The van der Waals surface area contributed by atoms with Crippen LogP contribution in [0, 0.1) is 0 Å². The standard InChI is InChI=1S/C17H20ClNO2/c1-20-17-10-5-9-16(18)15(17)13-19-11-6-12-21-14-7-3-2-4-8-14/h2-5,7-10,19H,6,11-13H2,1H3. The molecule has 0 fully saturated rings. The predicted molar refractivity (Wildman–Crippen MR) is 86.3 cm³/mol. The van der Waals surface area contributed by atoms with Crippen molar-refractivity contribution < 1.29 is 9.47 Å². The second kappa shape index (κ2) is 8.55. The van der Waals surface area contributed by atoms with E-state index in [1.165, 1.54) is 0 Å². The van der Waals surface area contributed by atoms with E-state index >= 15 is 0 Å². The molecule has 0 radical (unpaired) electrons. The number of nitrogens with one attached hydrogen (secondary N) is 1. The van der Waals surface area contributed by atoms with Gasteiger partial charge in [0.25, 0.3) is 0 Å². The van der Waals surface area contributed by atoms with Gasteiger partial charge in [0, 0.05) is 17.1 Å².